The van der Waals surface area contributed by atoms with Crippen molar-refractivity contribution in [3.05, 3.63) is 111 Å². The fourth-order valence-electron chi connectivity index (χ4n) is 4.00. The van der Waals surface area contributed by atoms with Crippen molar-refractivity contribution in [1.29, 1.82) is 0 Å². The Kier molecular flexibility index (Phi) is 8.02. The van der Waals surface area contributed by atoms with Crippen molar-refractivity contribution in [3.63, 3.8) is 0 Å². The van der Waals surface area contributed by atoms with Crippen molar-refractivity contribution in [3.8, 4) is 28.2 Å². The Morgan fingerprint density at radius 3 is 2.58 bits per heavy atom. The zero-order valence-corrected chi connectivity index (χ0v) is 23.2. The molecule has 2 N–H and O–H groups in total. The molecule has 5 aromatic rings. The number of carbonyl (C=O) groups excluding carboxylic acids is 1. The molecular formula is C30H20Cl2N2O5S. The van der Waals surface area contributed by atoms with Crippen LogP contribution in [-0.4, -0.2) is 18.1 Å². The van der Waals surface area contributed by atoms with E-state index in [9.17, 15) is 9.59 Å². The number of amides is 1. The SMILES string of the molecule is COc1cc(NC(=S)NC(=O)C=Cc2ccc(-c3cccc(Cl)c3Cl)o2)ccc1-c1cc2ccccc2oc1=O. The van der Waals surface area contributed by atoms with Gasteiger partial charge in [-0.1, -0.05) is 47.5 Å². The van der Waals surface area contributed by atoms with Crippen LogP contribution >= 0.6 is 35.4 Å². The lowest BCUT2D eigenvalue weighted by atomic mass is 10.0. The van der Waals surface area contributed by atoms with Gasteiger partial charge in [0.05, 0.1) is 22.7 Å². The molecule has 3 aromatic carbocycles. The Bertz CT molecular complexity index is 1840. The highest BCUT2D eigenvalue weighted by molar-refractivity contribution is 7.80. The van der Waals surface area contributed by atoms with Crippen LogP contribution in [0.15, 0.2) is 98.6 Å². The molecule has 0 bridgehead atoms. The molecule has 0 unspecified atom stereocenters. The van der Waals surface area contributed by atoms with Gasteiger partial charge in [-0.25, -0.2) is 4.79 Å². The van der Waals surface area contributed by atoms with Crippen molar-refractivity contribution >= 4 is 69.2 Å². The Hall–Kier alpha value is -4.37. The van der Waals surface area contributed by atoms with E-state index in [4.69, 9.17) is 49.0 Å². The number of fused-ring (bicyclic) bond motifs is 1. The number of ether oxygens (including phenoxy) is 1. The van der Waals surface area contributed by atoms with Crippen LogP contribution in [0.4, 0.5) is 5.69 Å². The first-order valence-electron chi connectivity index (χ1n) is 11.9. The lowest BCUT2D eigenvalue weighted by molar-refractivity contribution is -0.115. The number of methoxy groups -OCH3 is 1. The quantitative estimate of drug-likeness (QED) is 0.120. The van der Waals surface area contributed by atoms with Crippen LogP contribution in [0.2, 0.25) is 10.0 Å². The van der Waals surface area contributed by atoms with E-state index in [1.54, 1.807) is 66.7 Å². The van der Waals surface area contributed by atoms with E-state index in [1.165, 1.54) is 19.3 Å². The van der Waals surface area contributed by atoms with Gasteiger partial charge in [0.25, 0.3) is 0 Å². The maximum Gasteiger partial charge on any atom is 0.344 e. The third-order valence-corrected chi connectivity index (χ3v) is 6.89. The minimum absolute atomic E-state index is 0.0699. The van der Waals surface area contributed by atoms with Crippen LogP contribution in [0.3, 0.4) is 0 Å². The summed E-state index contributed by atoms with van der Waals surface area (Å²) in [5.41, 5.74) is 2.14. The molecule has 40 heavy (non-hydrogen) atoms. The van der Waals surface area contributed by atoms with Gasteiger partial charge in [-0.2, -0.15) is 0 Å². The van der Waals surface area contributed by atoms with E-state index < -0.39 is 11.5 Å². The second-order valence-corrected chi connectivity index (χ2v) is 9.67. The molecule has 0 radical (unpaired) electrons. The van der Waals surface area contributed by atoms with Crippen LogP contribution < -0.4 is 21.0 Å². The molecule has 0 aliphatic carbocycles. The number of benzene rings is 3. The maximum atomic E-state index is 12.6. The Morgan fingerprint density at radius 1 is 0.925 bits per heavy atom. The number of thiocarbonyl (C=S) groups is 1. The second kappa shape index (κ2) is 11.8. The zero-order chi connectivity index (χ0) is 28.2. The van der Waals surface area contributed by atoms with Gasteiger partial charge in [-0.05, 0) is 66.8 Å². The van der Waals surface area contributed by atoms with Crippen LogP contribution in [-0.2, 0) is 4.79 Å². The summed E-state index contributed by atoms with van der Waals surface area (Å²) < 4.78 is 16.7. The number of anilines is 1. The van der Waals surface area contributed by atoms with E-state index >= 15 is 0 Å². The Labute approximate surface area is 244 Å². The van der Waals surface area contributed by atoms with Crippen molar-refractivity contribution in [2.75, 3.05) is 12.4 Å². The molecule has 10 heteroatoms. The average molecular weight is 591 g/mol. The van der Waals surface area contributed by atoms with E-state index in [0.717, 1.165) is 5.39 Å². The van der Waals surface area contributed by atoms with Gasteiger partial charge in [-0.3, -0.25) is 10.1 Å². The minimum Gasteiger partial charge on any atom is -0.496 e. The molecular weight excluding hydrogens is 571 g/mol. The molecule has 0 saturated carbocycles. The lowest BCUT2D eigenvalue weighted by Crippen LogP contribution is -2.32. The van der Waals surface area contributed by atoms with Crippen LogP contribution in [0.25, 0.3) is 39.5 Å². The fourth-order valence-corrected chi connectivity index (χ4v) is 4.61. The summed E-state index contributed by atoms with van der Waals surface area (Å²) in [6.45, 7) is 0. The summed E-state index contributed by atoms with van der Waals surface area (Å²) >= 11 is 17.6. The molecule has 0 aliphatic heterocycles. The van der Waals surface area contributed by atoms with Crippen LogP contribution in [0.1, 0.15) is 5.76 Å². The highest BCUT2D eigenvalue weighted by atomic mass is 35.5. The van der Waals surface area contributed by atoms with E-state index in [2.05, 4.69) is 10.6 Å². The predicted octanol–water partition coefficient (Wildman–Crippen LogP) is 7.56. The number of furan rings is 1. The molecule has 2 aromatic heterocycles. The lowest BCUT2D eigenvalue weighted by Gasteiger charge is -2.13. The number of nitrogens with one attached hydrogen (secondary N) is 2. The van der Waals surface area contributed by atoms with Gasteiger partial charge in [0.2, 0.25) is 5.91 Å². The van der Waals surface area contributed by atoms with E-state index in [0.29, 0.717) is 55.3 Å². The number of hydrogen-bond acceptors (Lipinski definition) is 6. The Morgan fingerprint density at radius 2 is 1.75 bits per heavy atom. The van der Waals surface area contributed by atoms with Gasteiger partial charge in [-0.15, -0.1) is 0 Å². The topological polar surface area (TPSA) is 93.7 Å². The highest BCUT2D eigenvalue weighted by Crippen LogP contribution is 2.35. The smallest absolute Gasteiger partial charge is 0.344 e. The molecule has 2 heterocycles. The van der Waals surface area contributed by atoms with Gasteiger partial charge in [0.1, 0.15) is 22.9 Å². The predicted molar refractivity (Wildman–Crippen MR) is 162 cm³/mol. The molecule has 0 atom stereocenters. The number of halogens is 2. The maximum absolute atomic E-state index is 12.6. The van der Waals surface area contributed by atoms with Gasteiger partial charge < -0.3 is 18.9 Å². The first-order valence-corrected chi connectivity index (χ1v) is 13.0. The van der Waals surface area contributed by atoms with Crippen molar-refractivity contribution in [2.24, 2.45) is 0 Å². The average Bonchev–Trinajstić information content (AvgIpc) is 3.42. The third kappa shape index (κ3) is 5.94. The summed E-state index contributed by atoms with van der Waals surface area (Å²) in [4.78, 5) is 25.0. The minimum atomic E-state index is -0.480. The van der Waals surface area contributed by atoms with Gasteiger partial charge in [0, 0.05) is 34.3 Å². The summed E-state index contributed by atoms with van der Waals surface area (Å²) in [5, 5.41) is 7.17. The molecule has 1 amide bonds. The number of rotatable bonds is 6. The largest absolute Gasteiger partial charge is 0.496 e. The van der Waals surface area contributed by atoms with Crippen LogP contribution in [0.5, 0.6) is 5.75 Å². The van der Waals surface area contributed by atoms with Gasteiger partial charge in [0.15, 0.2) is 5.11 Å². The molecule has 5 rings (SSSR count). The molecule has 0 spiro atoms. The van der Waals surface area contributed by atoms with E-state index in [1.807, 2.05) is 12.1 Å². The van der Waals surface area contributed by atoms with Crippen LogP contribution in [0, 0.1) is 0 Å². The normalized spacial score (nSPS) is 11.1. The van der Waals surface area contributed by atoms with Crippen molar-refractivity contribution in [2.45, 2.75) is 0 Å². The third-order valence-electron chi connectivity index (χ3n) is 5.87. The monoisotopic (exact) mass is 590 g/mol. The Balaban J connectivity index is 1.25. The van der Waals surface area contributed by atoms with E-state index in [-0.39, 0.29) is 5.11 Å². The highest BCUT2D eigenvalue weighted by Gasteiger charge is 2.14. The summed E-state index contributed by atoms with van der Waals surface area (Å²) in [5.74, 6) is 0.922. The zero-order valence-electron chi connectivity index (χ0n) is 20.9. The molecule has 0 aliphatic rings. The summed E-state index contributed by atoms with van der Waals surface area (Å²) in [6.07, 6.45) is 2.80. The van der Waals surface area contributed by atoms with Crippen molar-refractivity contribution < 1.29 is 18.4 Å². The van der Waals surface area contributed by atoms with Gasteiger partial charge >= 0.3 is 5.63 Å². The first-order chi connectivity index (χ1) is 19.3. The molecule has 0 fully saturated rings. The fraction of sp³-hybridized carbons (Fsp3) is 0.0333. The first kappa shape index (κ1) is 27.2. The molecule has 7 nitrogen and oxygen atoms in total. The number of carbonyl (C=O) groups is 1. The number of para-hydroxylation sites is 1. The summed E-state index contributed by atoms with van der Waals surface area (Å²) in [6, 6.07) is 22.8. The molecule has 200 valence electrons. The molecule has 0 saturated heterocycles. The standard InChI is InChI=1S/C30H20Cl2N2O5S/c1-37-26-16-18(9-12-20(26)22-15-17-5-2-3-8-24(17)39-29(22)36)33-30(40)34-27(35)14-11-19-10-13-25(38-19)21-6-4-7-23(31)28(21)32/h2-16H,1H3,(H2,33,34,35,40). The second-order valence-electron chi connectivity index (χ2n) is 8.48. The van der Waals surface area contributed by atoms with Crippen molar-refractivity contribution in [1.82, 2.24) is 5.32 Å². The number of hydrogen-bond donors (Lipinski definition) is 2. The summed E-state index contributed by atoms with van der Waals surface area (Å²) in [7, 11) is 1.50.